The van der Waals surface area contributed by atoms with E-state index in [-0.39, 0.29) is 5.91 Å². The maximum atomic E-state index is 12.1. The molecule has 0 aliphatic heterocycles. The van der Waals surface area contributed by atoms with E-state index in [9.17, 15) is 4.79 Å². The molecule has 0 saturated heterocycles. The van der Waals surface area contributed by atoms with E-state index in [1.54, 1.807) is 25.2 Å². The fourth-order valence-electron chi connectivity index (χ4n) is 1.52. The molecule has 0 aliphatic rings. The Kier molecular flexibility index (Phi) is 3.88. The van der Waals surface area contributed by atoms with Crippen molar-refractivity contribution in [3.63, 3.8) is 0 Å². The SMILES string of the molecule is Cn1ncc(C#N)c1NC(=O)c1ccc(Cl)cc1Br. The highest BCUT2D eigenvalue weighted by Gasteiger charge is 2.15. The average molecular weight is 340 g/mol. The number of amides is 1. The van der Waals surface area contributed by atoms with Gasteiger partial charge in [-0.2, -0.15) is 10.4 Å². The predicted molar refractivity (Wildman–Crippen MR) is 75.0 cm³/mol. The molecule has 0 unspecified atom stereocenters. The van der Waals surface area contributed by atoms with Gasteiger partial charge in [0.15, 0.2) is 0 Å². The first-order chi connectivity index (χ1) is 9.02. The van der Waals surface area contributed by atoms with Crippen LogP contribution in [0.2, 0.25) is 5.02 Å². The number of aromatic nitrogens is 2. The van der Waals surface area contributed by atoms with Gasteiger partial charge in [-0.05, 0) is 34.1 Å². The number of carbonyl (C=O) groups is 1. The van der Waals surface area contributed by atoms with Gasteiger partial charge in [-0.25, -0.2) is 0 Å². The van der Waals surface area contributed by atoms with Gasteiger partial charge in [0.05, 0.1) is 11.8 Å². The summed E-state index contributed by atoms with van der Waals surface area (Å²) in [4.78, 5) is 12.1. The van der Waals surface area contributed by atoms with Crippen LogP contribution < -0.4 is 5.32 Å². The number of nitrogens with one attached hydrogen (secondary N) is 1. The molecule has 7 heteroatoms. The molecule has 1 aromatic heterocycles. The van der Waals surface area contributed by atoms with Crippen LogP contribution in [-0.4, -0.2) is 15.7 Å². The summed E-state index contributed by atoms with van der Waals surface area (Å²) in [5, 5.41) is 16.0. The molecule has 2 rings (SSSR count). The smallest absolute Gasteiger partial charge is 0.257 e. The molecule has 5 nitrogen and oxygen atoms in total. The minimum atomic E-state index is -0.344. The van der Waals surface area contributed by atoms with Crippen molar-refractivity contribution in [1.82, 2.24) is 9.78 Å². The Morgan fingerprint density at radius 1 is 1.58 bits per heavy atom. The first-order valence-corrected chi connectivity index (χ1v) is 6.38. The van der Waals surface area contributed by atoms with Crippen molar-refractivity contribution < 1.29 is 4.79 Å². The summed E-state index contributed by atoms with van der Waals surface area (Å²) >= 11 is 9.09. The Labute approximate surface area is 122 Å². The summed E-state index contributed by atoms with van der Waals surface area (Å²) in [6, 6.07) is 6.82. The Balaban J connectivity index is 2.31. The normalized spacial score (nSPS) is 10.0. The second-order valence-electron chi connectivity index (χ2n) is 3.72. The Bertz CT molecular complexity index is 690. The van der Waals surface area contributed by atoms with Gasteiger partial charge in [0.2, 0.25) is 0 Å². The zero-order chi connectivity index (χ0) is 14.0. The van der Waals surface area contributed by atoms with E-state index in [4.69, 9.17) is 16.9 Å². The third kappa shape index (κ3) is 2.78. The Morgan fingerprint density at radius 3 is 2.95 bits per heavy atom. The van der Waals surface area contributed by atoms with Crippen molar-refractivity contribution in [2.75, 3.05) is 5.32 Å². The predicted octanol–water partition coefficient (Wildman–Crippen LogP) is 2.96. The minimum absolute atomic E-state index is 0.306. The average Bonchev–Trinajstić information content (AvgIpc) is 2.70. The molecule has 2 aromatic rings. The number of hydrogen-bond donors (Lipinski definition) is 1. The van der Waals surface area contributed by atoms with Gasteiger partial charge >= 0.3 is 0 Å². The van der Waals surface area contributed by atoms with Crippen LogP contribution >= 0.6 is 27.5 Å². The lowest BCUT2D eigenvalue weighted by molar-refractivity contribution is 0.102. The van der Waals surface area contributed by atoms with Gasteiger partial charge < -0.3 is 5.32 Å². The third-order valence-corrected chi connectivity index (χ3v) is 3.36. The number of halogens is 2. The van der Waals surface area contributed by atoms with Gasteiger partial charge in [0, 0.05) is 16.5 Å². The molecule has 96 valence electrons. The maximum Gasteiger partial charge on any atom is 0.257 e. The van der Waals surface area contributed by atoms with E-state index in [1.807, 2.05) is 6.07 Å². The number of nitriles is 1. The largest absolute Gasteiger partial charge is 0.306 e. The van der Waals surface area contributed by atoms with E-state index >= 15 is 0 Å². The lowest BCUT2D eigenvalue weighted by atomic mass is 10.2. The molecule has 1 amide bonds. The van der Waals surface area contributed by atoms with E-state index in [1.165, 1.54) is 10.9 Å². The van der Waals surface area contributed by atoms with Crippen molar-refractivity contribution in [3.8, 4) is 6.07 Å². The zero-order valence-corrected chi connectivity index (χ0v) is 12.2. The summed E-state index contributed by atoms with van der Waals surface area (Å²) in [6.07, 6.45) is 1.40. The van der Waals surface area contributed by atoms with E-state index in [0.29, 0.717) is 26.4 Å². The molecule has 0 fully saturated rings. The topological polar surface area (TPSA) is 70.7 Å². The van der Waals surface area contributed by atoms with Crippen LogP contribution in [-0.2, 0) is 7.05 Å². The lowest BCUT2D eigenvalue weighted by Gasteiger charge is -2.07. The second kappa shape index (κ2) is 5.43. The van der Waals surface area contributed by atoms with Crippen molar-refractivity contribution in [3.05, 3.63) is 45.0 Å². The van der Waals surface area contributed by atoms with Crippen LogP contribution in [0.1, 0.15) is 15.9 Å². The number of nitrogens with zero attached hydrogens (tertiary/aromatic N) is 3. The second-order valence-corrected chi connectivity index (χ2v) is 5.01. The number of aryl methyl sites for hydroxylation is 1. The van der Waals surface area contributed by atoms with E-state index in [2.05, 4.69) is 26.3 Å². The summed E-state index contributed by atoms with van der Waals surface area (Å²) in [5.74, 6) is 0.0120. The first-order valence-electron chi connectivity index (χ1n) is 5.21. The molecule has 1 aromatic carbocycles. The van der Waals surface area contributed by atoms with Crippen molar-refractivity contribution in [1.29, 1.82) is 5.26 Å². The fraction of sp³-hybridized carbons (Fsp3) is 0.0833. The first kappa shape index (κ1) is 13.6. The molecular formula is C12H8BrClN4O. The molecule has 0 radical (unpaired) electrons. The summed E-state index contributed by atoms with van der Waals surface area (Å²) in [7, 11) is 1.65. The van der Waals surface area contributed by atoms with Crippen molar-refractivity contribution in [2.24, 2.45) is 7.05 Å². The quantitative estimate of drug-likeness (QED) is 0.914. The summed E-state index contributed by atoms with van der Waals surface area (Å²) < 4.78 is 2.01. The van der Waals surface area contributed by atoms with Gasteiger partial charge in [-0.15, -0.1) is 0 Å². The zero-order valence-electron chi connectivity index (χ0n) is 9.82. The summed E-state index contributed by atoms with van der Waals surface area (Å²) in [5.41, 5.74) is 0.732. The fourth-order valence-corrected chi connectivity index (χ4v) is 2.38. The van der Waals surface area contributed by atoms with Gasteiger partial charge in [0.1, 0.15) is 17.5 Å². The van der Waals surface area contributed by atoms with Crippen LogP contribution in [0.3, 0.4) is 0 Å². The highest BCUT2D eigenvalue weighted by molar-refractivity contribution is 9.10. The van der Waals surface area contributed by atoms with Crippen LogP contribution in [0.15, 0.2) is 28.9 Å². The summed E-state index contributed by atoms with van der Waals surface area (Å²) in [6.45, 7) is 0. The number of benzene rings is 1. The molecule has 0 bridgehead atoms. The third-order valence-electron chi connectivity index (χ3n) is 2.47. The number of carbonyl (C=O) groups excluding carboxylic acids is 1. The van der Waals surface area contributed by atoms with Crippen LogP contribution in [0.5, 0.6) is 0 Å². The van der Waals surface area contributed by atoms with Gasteiger partial charge in [0.25, 0.3) is 5.91 Å². The molecule has 1 heterocycles. The Morgan fingerprint density at radius 2 is 2.32 bits per heavy atom. The molecule has 1 N–H and O–H groups in total. The lowest BCUT2D eigenvalue weighted by Crippen LogP contribution is -2.15. The van der Waals surface area contributed by atoms with Gasteiger partial charge in [-0.1, -0.05) is 11.6 Å². The van der Waals surface area contributed by atoms with Crippen LogP contribution in [0.25, 0.3) is 0 Å². The standard InChI is InChI=1S/C12H8BrClN4O/c1-18-11(7(5-15)6-16-18)17-12(19)9-3-2-8(14)4-10(9)13/h2-4,6H,1H3,(H,17,19). The van der Waals surface area contributed by atoms with Gasteiger partial charge in [-0.3, -0.25) is 9.48 Å². The minimum Gasteiger partial charge on any atom is -0.306 e. The van der Waals surface area contributed by atoms with E-state index in [0.717, 1.165) is 0 Å². The molecule has 0 spiro atoms. The Hall–Kier alpha value is -1.84. The number of rotatable bonds is 2. The van der Waals surface area contributed by atoms with Crippen molar-refractivity contribution >= 4 is 39.3 Å². The number of hydrogen-bond acceptors (Lipinski definition) is 3. The highest BCUT2D eigenvalue weighted by atomic mass is 79.9. The molecule has 0 saturated carbocycles. The maximum absolute atomic E-state index is 12.1. The van der Waals surface area contributed by atoms with E-state index < -0.39 is 0 Å². The molecular weight excluding hydrogens is 332 g/mol. The molecule has 19 heavy (non-hydrogen) atoms. The molecule has 0 atom stereocenters. The monoisotopic (exact) mass is 338 g/mol. The van der Waals surface area contributed by atoms with Crippen LogP contribution in [0, 0.1) is 11.3 Å². The highest BCUT2D eigenvalue weighted by Crippen LogP contribution is 2.23. The van der Waals surface area contributed by atoms with Crippen molar-refractivity contribution in [2.45, 2.75) is 0 Å². The van der Waals surface area contributed by atoms with Crippen LogP contribution in [0.4, 0.5) is 5.82 Å². The number of anilines is 1. The molecule has 0 aliphatic carbocycles.